The summed E-state index contributed by atoms with van der Waals surface area (Å²) in [7, 11) is 1.13. The van der Waals surface area contributed by atoms with E-state index >= 15 is 0 Å². The van der Waals surface area contributed by atoms with Gasteiger partial charge in [0.1, 0.15) is 11.6 Å². The van der Waals surface area contributed by atoms with E-state index in [4.69, 9.17) is 9.84 Å². The van der Waals surface area contributed by atoms with Crippen LogP contribution in [-0.2, 0) is 19.1 Å². The Balaban J connectivity index is 0.000000308. The molecule has 0 radical (unpaired) electrons. The summed E-state index contributed by atoms with van der Waals surface area (Å²) in [6.45, 7) is 4.92. The predicted octanol–water partition coefficient (Wildman–Crippen LogP) is 3.77. The summed E-state index contributed by atoms with van der Waals surface area (Å²) in [5.41, 5.74) is -0.738. The molecule has 8 heteroatoms. The van der Waals surface area contributed by atoms with Crippen molar-refractivity contribution >= 4 is 18.0 Å². The molecular formula is C22H40N2O6. The van der Waals surface area contributed by atoms with E-state index in [0.29, 0.717) is 0 Å². The van der Waals surface area contributed by atoms with E-state index in [9.17, 15) is 14.4 Å². The third-order valence-corrected chi connectivity index (χ3v) is 5.27. The first kappa shape index (κ1) is 26.2. The number of alkyl carbamates (subject to hydrolysis) is 1. The first-order valence-electron chi connectivity index (χ1n) is 11.2. The van der Waals surface area contributed by atoms with Gasteiger partial charge < -0.3 is 25.2 Å². The smallest absolute Gasteiger partial charge is 0.408 e. The Hall–Kier alpha value is -1.83. The van der Waals surface area contributed by atoms with E-state index in [2.05, 4.69) is 15.4 Å². The maximum atomic E-state index is 11.3. The van der Waals surface area contributed by atoms with Crippen LogP contribution in [0.5, 0.6) is 0 Å². The number of methoxy groups -OCH3 is 1. The van der Waals surface area contributed by atoms with Gasteiger partial charge in [-0.05, 0) is 46.5 Å². The lowest BCUT2D eigenvalue weighted by atomic mass is 9.91. The molecule has 0 aromatic carbocycles. The minimum Gasteiger partial charge on any atom is -0.480 e. The number of carbonyl (C=O) groups is 3. The van der Waals surface area contributed by atoms with Gasteiger partial charge in [0.05, 0.1) is 13.5 Å². The molecule has 1 amide bonds. The molecule has 30 heavy (non-hydrogen) atoms. The minimum atomic E-state index is -1.36. The van der Waals surface area contributed by atoms with Gasteiger partial charge in [0.25, 0.3) is 0 Å². The minimum absolute atomic E-state index is 0.453. The molecule has 0 aromatic heterocycles. The number of nitrogens with one attached hydrogen (secondary N) is 2. The van der Waals surface area contributed by atoms with Crippen molar-refractivity contribution in [2.75, 3.05) is 7.11 Å². The summed E-state index contributed by atoms with van der Waals surface area (Å²) in [5, 5.41) is 14.7. The molecule has 8 nitrogen and oxygen atoms in total. The lowest BCUT2D eigenvalue weighted by Crippen LogP contribution is -2.44. The van der Waals surface area contributed by atoms with Crippen molar-refractivity contribution in [2.24, 2.45) is 0 Å². The number of carboxylic acids is 1. The van der Waals surface area contributed by atoms with Crippen molar-refractivity contribution in [1.29, 1.82) is 0 Å². The fraction of sp³-hybridized carbons (Fsp3) is 0.864. The molecule has 2 aliphatic carbocycles. The summed E-state index contributed by atoms with van der Waals surface area (Å²) in [6.07, 6.45) is 13.2. The zero-order valence-corrected chi connectivity index (χ0v) is 19.0. The number of esters is 1. The topological polar surface area (TPSA) is 114 Å². The van der Waals surface area contributed by atoms with Gasteiger partial charge in [-0.1, -0.05) is 38.5 Å². The molecule has 2 fully saturated rings. The monoisotopic (exact) mass is 428 g/mol. The third-order valence-electron chi connectivity index (χ3n) is 5.27. The molecule has 1 unspecified atom stereocenters. The molecule has 0 heterocycles. The highest BCUT2D eigenvalue weighted by Crippen LogP contribution is 2.22. The van der Waals surface area contributed by atoms with Crippen molar-refractivity contribution in [3.63, 3.8) is 0 Å². The molecule has 2 rings (SSSR count). The number of aliphatic carboxylic acids is 1. The van der Waals surface area contributed by atoms with Crippen LogP contribution in [0, 0.1) is 0 Å². The van der Waals surface area contributed by atoms with Crippen LogP contribution in [0.15, 0.2) is 0 Å². The summed E-state index contributed by atoms with van der Waals surface area (Å²) < 4.78 is 9.19. The van der Waals surface area contributed by atoms with Gasteiger partial charge in [-0.25, -0.2) is 9.59 Å². The van der Waals surface area contributed by atoms with Gasteiger partial charge in [-0.15, -0.1) is 0 Å². The van der Waals surface area contributed by atoms with Crippen molar-refractivity contribution in [1.82, 2.24) is 10.6 Å². The fourth-order valence-electron chi connectivity index (χ4n) is 3.77. The second-order valence-corrected chi connectivity index (χ2v) is 9.15. The van der Waals surface area contributed by atoms with Crippen molar-refractivity contribution in [2.45, 2.75) is 115 Å². The van der Waals surface area contributed by atoms with Gasteiger partial charge >= 0.3 is 18.0 Å². The van der Waals surface area contributed by atoms with Crippen molar-refractivity contribution in [3.8, 4) is 0 Å². The Bertz CT molecular complexity index is 518. The summed E-state index contributed by atoms with van der Waals surface area (Å²) in [6, 6.07) is 0.381. The number of hydrogen-bond acceptors (Lipinski definition) is 6. The molecular weight excluding hydrogens is 388 g/mol. The van der Waals surface area contributed by atoms with E-state index in [1.165, 1.54) is 64.2 Å². The van der Waals surface area contributed by atoms with Gasteiger partial charge in [-0.3, -0.25) is 4.79 Å². The Labute approximate surface area is 180 Å². The van der Waals surface area contributed by atoms with Gasteiger partial charge in [0.15, 0.2) is 0 Å². The van der Waals surface area contributed by atoms with Crippen LogP contribution in [0.4, 0.5) is 4.79 Å². The zero-order chi connectivity index (χ0) is 22.6. The van der Waals surface area contributed by atoms with Crippen LogP contribution in [0.2, 0.25) is 0 Å². The largest absolute Gasteiger partial charge is 0.480 e. The number of amides is 1. The molecule has 0 aromatic rings. The SMILES string of the molecule is C1CCC(NC2CCCCC2)CC1.COC(=O)CC(NC(=O)OC(C)(C)C)C(=O)O. The van der Waals surface area contributed by atoms with Crippen LogP contribution in [0.3, 0.4) is 0 Å². The van der Waals surface area contributed by atoms with Crippen LogP contribution in [0.1, 0.15) is 91.4 Å². The standard InChI is InChI=1S/C12H23N.C10H17NO6/c1-3-7-11(8-4-1)13-12-9-5-2-6-10-12;1-10(2,3)17-9(15)11-6(8(13)14)5-7(12)16-4/h11-13H,1-10H2;6H,5H2,1-4H3,(H,11,15)(H,13,14). The van der Waals surface area contributed by atoms with Crippen LogP contribution in [0.25, 0.3) is 0 Å². The highest BCUT2D eigenvalue weighted by molar-refractivity contribution is 5.85. The van der Waals surface area contributed by atoms with E-state index in [1.807, 2.05) is 0 Å². The first-order valence-corrected chi connectivity index (χ1v) is 11.2. The second-order valence-electron chi connectivity index (χ2n) is 9.15. The molecule has 0 spiro atoms. The third kappa shape index (κ3) is 12.0. The Kier molecular flexibility index (Phi) is 11.8. The Morgan fingerprint density at radius 1 is 0.933 bits per heavy atom. The molecule has 0 bridgehead atoms. The normalized spacial score (nSPS) is 19.1. The van der Waals surface area contributed by atoms with Crippen LogP contribution < -0.4 is 10.6 Å². The predicted molar refractivity (Wildman–Crippen MR) is 114 cm³/mol. The first-order chi connectivity index (χ1) is 14.1. The number of ether oxygens (including phenoxy) is 2. The quantitative estimate of drug-likeness (QED) is 0.552. The molecule has 2 saturated carbocycles. The Morgan fingerprint density at radius 3 is 1.77 bits per heavy atom. The summed E-state index contributed by atoms with van der Waals surface area (Å²) in [4.78, 5) is 33.0. The number of carboxylic acid groups (broad SMARTS) is 1. The maximum Gasteiger partial charge on any atom is 0.408 e. The van der Waals surface area contributed by atoms with Gasteiger partial charge in [0.2, 0.25) is 0 Å². The second kappa shape index (κ2) is 13.5. The zero-order valence-electron chi connectivity index (χ0n) is 19.0. The number of hydrogen-bond donors (Lipinski definition) is 3. The average Bonchev–Trinajstić information content (AvgIpc) is 2.68. The van der Waals surface area contributed by atoms with Gasteiger partial charge in [-0.2, -0.15) is 0 Å². The highest BCUT2D eigenvalue weighted by Gasteiger charge is 2.26. The lowest BCUT2D eigenvalue weighted by molar-refractivity contribution is -0.147. The van der Waals surface area contributed by atoms with Crippen LogP contribution >= 0.6 is 0 Å². The van der Waals surface area contributed by atoms with E-state index < -0.39 is 36.1 Å². The number of rotatable bonds is 6. The Morgan fingerprint density at radius 2 is 1.40 bits per heavy atom. The van der Waals surface area contributed by atoms with Crippen molar-refractivity contribution < 1.29 is 29.0 Å². The van der Waals surface area contributed by atoms with Crippen LogP contribution in [-0.4, -0.2) is 54.0 Å². The average molecular weight is 429 g/mol. The van der Waals surface area contributed by atoms with Gasteiger partial charge in [0, 0.05) is 12.1 Å². The van der Waals surface area contributed by atoms with E-state index in [0.717, 1.165) is 19.2 Å². The fourth-order valence-corrected chi connectivity index (χ4v) is 3.77. The highest BCUT2D eigenvalue weighted by atomic mass is 16.6. The van der Waals surface area contributed by atoms with Crippen molar-refractivity contribution in [3.05, 3.63) is 0 Å². The molecule has 3 N–H and O–H groups in total. The molecule has 0 saturated heterocycles. The lowest BCUT2D eigenvalue weighted by Gasteiger charge is -2.30. The molecule has 2 aliphatic rings. The maximum absolute atomic E-state index is 11.3. The number of carbonyl (C=O) groups excluding carboxylic acids is 2. The summed E-state index contributed by atoms with van der Waals surface area (Å²) in [5.74, 6) is -2.06. The van der Waals surface area contributed by atoms with E-state index in [-0.39, 0.29) is 0 Å². The molecule has 0 aliphatic heterocycles. The summed E-state index contributed by atoms with van der Waals surface area (Å²) >= 11 is 0. The molecule has 174 valence electrons. The van der Waals surface area contributed by atoms with E-state index in [1.54, 1.807) is 20.8 Å². The molecule has 1 atom stereocenters.